The Morgan fingerprint density at radius 2 is 1.89 bits per heavy atom. The lowest BCUT2D eigenvalue weighted by molar-refractivity contribution is -0.164. The molecule has 0 saturated carbocycles. The summed E-state index contributed by atoms with van der Waals surface area (Å²) in [5.74, 6) is 0.168. The highest BCUT2D eigenvalue weighted by atomic mass is 35.5. The van der Waals surface area contributed by atoms with Crippen LogP contribution in [0.5, 0.6) is 5.75 Å². The first-order valence-corrected chi connectivity index (χ1v) is 5.85. The molecule has 2 rings (SSSR count). The zero-order valence-electron chi connectivity index (χ0n) is 9.69. The van der Waals surface area contributed by atoms with Crippen molar-refractivity contribution in [3.05, 3.63) is 48.6 Å². The molecule has 2 unspecified atom stereocenters. The summed E-state index contributed by atoms with van der Waals surface area (Å²) in [5.41, 5.74) is 5.90. The number of anilines is 1. The van der Waals surface area contributed by atoms with Crippen LogP contribution in [-0.4, -0.2) is 17.2 Å². The van der Waals surface area contributed by atoms with Crippen molar-refractivity contribution in [3.8, 4) is 5.75 Å². The van der Waals surface area contributed by atoms with E-state index in [2.05, 4.69) is 0 Å². The summed E-state index contributed by atoms with van der Waals surface area (Å²) in [6.07, 6.45) is -1.18. The lowest BCUT2D eigenvalue weighted by Gasteiger charge is -2.34. The first kappa shape index (κ1) is 13.8. The molecule has 2 nitrogen and oxygen atoms in total. The molecule has 0 heterocycles. The average Bonchev–Trinajstić information content (AvgIpc) is 2.33. The number of allylic oxidation sites excluding steroid dienone is 2. The highest BCUT2D eigenvalue weighted by Crippen LogP contribution is 2.43. The van der Waals surface area contributed by atoms with Gasteiger partial charge in [0.25, 0.3) is 0 Å². The summed E-state index contributed by atoms with van der Waals surface area (Å²) in [4.78, 5) is -2.59. The molecule has 0 amide bonds. The molecule has 1 aromatic rings. The molecule has 0 radical (unpaired) electrons. The molecule has 19 heavy (non-hydrogen) atoms. The highest BCUT2D eigenvalue weighted by Gasteiger charge is 2.58. The maximum absolute atomic E-state index is 13.1. The van der Waals surface area contributed by atoms with E-state index in [0.717, 1.165) is 6.08 Å². The van der Waals surface area contributed by atoms with Gasteiger partial charge in [-0.05, 0) is 18.2 Å². The van der Waals surface area contributed by atoms with Crippen LogP contribution in [0.1, 0.15) is 0 Å². The highest BCUT2D eigenvalue weighted by molar-refractivity contribution is 6.26. The normalized spacial score (nSPS) is 26.4. The van der Waals surface area contributed by atoms with E-state index in [9.17, 15) is 13.2 Å². The van der Waals surface area contributed by atoms with Gasteiger partial charge in [-0.1, -0.05) is 30.4 Å². The minimum atomic E-state index is -4.63. The van der Waals surface area contributed by atoms with Crippen LogP contribution in [0.3, 0.4) is 0 Å². The van der Waals surface area contributed by atoms with Gasteiger partial charge in [-0.25, -0.2) is 0 Å². The maximum Gasteiger partial charge on any atom is 0.415 e. The van der Waals surface area contributed by atoms with Crippen molar-refractivity contribution in [2.24, 2.45) is 0 Å². The van der Waals surface area contributed by atoms with Gasteiger partial charge in [-0.2, -0.15) is 13.2 Å². The molecule has 0 saturated heterocycles. The Labute approximate surface area is 113 Å². The molecule has 1 aromatic carbocycles. The van der Waals surface area contributed by atoms with E-state index < -0.39 is 17.2 Å². The van der Waals surface area contributed by atoms with Crippen molar-refractivity contribution in [1.82, 2.24) is 0 Å². The first-order valence-electron chi connectivity index (χ1n) is 5.47. The number of hydrogen-bond acceptors (Lipinski definition) is 2. The van der Waals surface area contributed by atoms with Gasteiger partial charge in [-0.3, -0.25) is 0 Å². The number of hydrogen-bond donors (Lipinski definition) is 1. The Balaban J connectivity index is 2.31. The van der Waals surface area contributed by atoms with Crippen molar-refractivity contribution in [2.75, 3.05) is 5.73 Å². The molecular formula is C13H11ClF3NO. The summed E-state index contributed by atoms with van der Waals surface area (Å²) < 4.78 is 44.5. The molecule has 0 spiro atoms. The minimum absolute atomic E-state index is 0.168. The third kappa shape index (κ3) is 2.56. The number of benzene rings is 1. The van der Waals surface area contributed by atoms with Gasteiger partial charge in [0.1, 0.15) is 11.9 Å². The van der Waals surface area contributed by atoms with E-state index in [0.29, 0.717) is 0 Å². The lowest BCUT2D eigenvalue weighted by Crippen LogP contribution is -2.50. The third-order valence-electron chi connectivity index (χ3n) is 2.76. The number of alkyl halides is 4. The molecule has 0 fully saturated rings. The SMILES string of the molecule is Nc1ccccc1OC1C=CC=CC1(Cl)C(F)(F)F. The fraction of sp³-hybridized carbons (Fsp3) is 0.231. The van der Waals surface area contributed by atoms with E-state index in [1.807, 2.05) is 0 Å². The second-order valence-corrected chi connectivity index (χ2v) is 4.71. The number of ether oxygens (including phenoxy) is 1. The molecule has 0 bridgehead atoms. The smallest absolute Gasteiger partial charge is 0.415 e. The summed E-state index contributed by atoms with van der Waals surface area (Å²) in [5, 5.41) is 0. The summed E-state index contributed by atoms with van der Waals surface area (Å²) in [6.45, 7) is 0. The van der Waals surface area contributed by atoms with E-state index in [-0.39, 0.29) is 11.4 Å². The topological polar surface area (TPSA) is 35.2 Å². The van der Waals surface area contributed by atoms with Gasteiger partial charge >= 0.3 is 6.18 Å². The average molecular weight is 290 g/mol. The quantitative estimate of drug-likeness (QED) is 0.666. The monoisotopic (exact) mass is 289 g/mol. The van der Waals surface area contributed by atoms with Crippen LogP contribution in [0.15, 0.2) is 48.6 Å². The Morgan fingerprint density at radius 3 is 2.53 bits per heavy atom. The second kappa shape index (κ2) is 4.81. The van der Waals surface area contributed by atoms with Gasteiger partial charge in [0.05, 0.1) is 5.69 Å². The molecular weight excluding hydrogens is 279 g/mol. The third-order valence-corrected chi connectivity index (χ3v) is 3.31. The number of rotatable bonds is 2. The van der Waals surface area contributed by atoms with E-state index >= 15 is 0 Å². The zero-order valence-corrected chi connectivity index (χ0v) is 10.4. The van der Waals surface area contributed by atoms with E-state index in [1.165, 1.54) is 24.3 Å². The summed E-state index contributed by atoms with van der Waals surface area (Å²) in [7, 11) is 0. The molecule has 102 valence electrons. The molecule has 1 aliphatic carbocycles. The number of para-hydroxylation sites is 2. The van der Waals surface area contributed by atoms with Crippen LogP contribution >= 0.6 is 11.6 Å². The molecule has 2 N–H and O–H groups in total. The van der Waals surface area contributed by atoms with Gasteiger partial charge in [0, 0.05) is 0 Å². The van der Waals surface area contributed by atoms with Gasteiger partial charge in [0.15, 0.2) is 4.87 Å². The molecule has 2 atom stereocenters. The predicted octanol–water partition coefficient (Wildman–Crippen LogP) is 3.68. The van der Waals surface area contributed by atoms with Crippen LogP contribution in [0.2, 0.25) is 0 Å². The second-order valence-electron chi connectivity index (χ2n) is 4.09. The van der Waals surface area contributed by atoms with Crippen molar-refractivity contribution in [2.45, 2.75) is 17.2 Å². The van der Waals surface area contributed by atoms with Crippen LogP contribution in [0, 0.1) is 0 Å². The summed E-state index contributed by atoms with van der Waals surface area (Å²) >= 11 is 5.69. The van der Waals surface area contributed by atoms with Crippen molar-refractivity contribution < 1.29 is 17.9 Å². The largest absolute Gasteiger partial charge is 0.482 e. The van der Waals surface area contributed by atoms with Gasteiger partial charge < -0.3 is 10.5 Å². The van der Waals surface area contributed by atoms with E-state index in [1.54, 1.807) is 18.2 Å². The molecule has 0 aromatic heterocycles. The fourth-order valence-electron chi connectivity index (χ4n) is 1.70. The predicted molar refractivity (Wildman–Crippen MR) is 68.2 cm³/mol. The van der Waals surface area contributed by atoms with Crippen LogP contribution in [0.4, 0.5) is 18.9 Å². The Kier molecular flexibility index (Phi) is 3.49. The first-order chi connectivity index (χ1) is 8.84. The molecule has 6 heteroatoms. The van der Waals surface area contributed by atoms with Gasteiger partial charge in [-0.15, -0.1) is 11.6 Å². The van der Waals surface area contributed by atoms with Crippen molar-refractivity contribution in [1.29, 1.82) is 0 Å². The van der Waals surface area contributed by atoms with Crippen LogP contribution in [0.25, 0.3) is 0 Å². The maximum atomic E-state index is 13.1. The Hall–Kier alpha value is -1.62. The van der Waals surface area contributed by atoms with E-state index in [4.69, 9.17) is 22.1 Å². The Bertz CT molecular complexity index is 527. The number of nitrogen functional groups attached to an aromatic ring is 1. The lowest BCUT2D eigenvalue weighted by atomic mass is 9.95. The van der Waals surface area contributed by atoms with Crippen LogP contribution in [-0.2, 0) is 0 Å². The van der Waals surface area contributed by atoms with Crippen LogP contribution < -0.4 is 10.5 Å². The minimum Gasteiger partial charge on any atom is -0.482 e. The molecule has 1 aliphatic rings. The van der Waals surface area contributed by atoms with Crippen molar-refractivity contribution >= 4 is 17.3 Å². The van der Waals surface area contributed by atoms with Crippen molar-refractivity contribution in [3.63, 3.8) is 0 Å². The number of nitrogens with two attached hydrogens (primary N) is 1. The zero-order chi connectivity index (χ0) is 14.1. The van der Waals surface area contributed by atoms with Gasteiger partial charge in [0.2, 0.25) is 0 Å². The summed E-state index contributed by atoms with van der Waals surface area (Å²) in [6, 6.07) is 6.32. The molecule has 0 aliphatic heterocycles. The Morgan fingerprint density at radius 1 is 1.21 bits per heavy atom. The number of halogens is 4. The standard InChI is InChI=1S/C13H11ClF3NO/c14-12(13(15,16)17)8-4-3-7-11(12)19-10-6-2-1-5-9(10)18/h1-8,11H,18H2. The fourth-order valence-corrected chi connectivity index (χ4v) is 1.89.